The molecule has 1 aromatic heterocycles. The van der Waals surface area contributed by atoms with Crippen molar-refractivity contribution < 1.29 is 22.4 Å². The number of nitrogens with one attached hydrogen (secondary N) is 4. The Balaban J connectivity index is 1.44. The number of furan rings is 1. The van der Waals surface area contributed by atoms with E-state index in [-0.39, 0.29) is 11.3 Å². The highest BCUT2D eigenvalue weighted by Crippen LogP contribution is 2.41. The molecule has 0 radical (unpaired) electrons. The standard InChI is InChI=1S/C24H17Cl2F3N4O2/c1-11-9-14-19-18(31-23(32-19)33-20-16(25)3-2-4-17(20)26)10-15(21(14)35-11)22(34)30-13-7-5-12(6-8-13)24(27,28)29/h2-10,23,31-33H,1H3,(H,30,34). The van der Waals surface area contributed by atoms with Gasteiger partial charge in [0.2, 0.25) is 0 Å². The number of rotatable bonds is 4. The summed E-state index contributed by atoms with van der Waals surface area (Å²) < 4.78 is 44.3. The molecular formula is C24H17Cl2F3N4O2. The molecule has 1 amide bonds. The zero-order valence-electron chi connectivity index (χ0n) is 18.0. The van der Waals surface area contributed by atoms with Crippen molar-refractivity contribution in [1.82, 2.24) is 0 Å². The molecule has 0 saturated heterocycles. The average molecular weight is 521 g/mol. The lowest BCUT2D eigenvalue weighted by atomic mass is 10.1. The Bertz CT molecular complexity index is 1430. The van der Waals surface area contributed by atoms with Crippen LogP contribution in [0, 0.1) is 6.92 Å². The summed E-state index contributed by atoms with van der Waals surface area (Å²) in [4.78, 5) is 13.1. The van der Waals surface area contributed by atoms with Crippen LogP contribution in [0.2, 0.25) is 10.0 Å². The summed E-state index contributed by atoms with van der Waals surface area (Å²) in [5, 5.41) is 13.9. The quantitative estimate of drug-likeness (QED) is 0.223. The van der Waals surface area contributed by atoms with Gasteiger partial charge in [0, 0.05) is 11.1 Å². The van der Waals surface area contributed by atoms with Gasteiger partial charge < -0.3 is 25.7 Å². The Morgan fingerprint density at radius 2 is 1.71 bits per heavy atom. The Morgan fingerprint density at radius 3 is 2.37 bits per heavy atom. The number of anilines is 4. The van der Waals surface area contributed by atoms with Crippen LogP contribution in [0.1, 0.15) is 21.7 Å². The molecule has 1 aliphatic rings. The van der Waals surface area contributed by atoms with Crippen LogP contribution < -0.4 is 21.3 Å². The van der Waals surface area contributed by atoms with Crippen molar-refractivity contribution in [3.8, 4) is 0 Å². The van der Waals surface area contributed by atoms with E-state index in [1.54, 1.807) is 37.3 Å². The van der Waals surface area contributed by atoms with Gasteiger partial charge in [-0.2, -0.15) is 13.2 Å². The smallest absolute Gasteiger partial charge is 0.416 e. The minimum Gasteiger partial charge on any atom is -0.460 e. The van der Waals surface area contributed by atoms with E-state index >= 15 is 0 Å². The Morgan fingerprint density at radius 1 is 1.03 bits per heavy atom. The molecule has 1 aliphatic heterocycles. The number of fused-ring (bicyclic) bond motifs is 3. The van der Waals surface area contributed by atoms with Gasteiger partial charge in [0.15, 0.2) is 6.29 Å². The summed E-state index contributed by atoms with van der Waals surface area (Å²) in [6, 6.07) is 12.8. The number of alkyl halides is 3. The SMILES string of the molecule is Cc1cc2c3c(cc(C(=O)Nc4ccc(C(F)(F)F)cc4)c2o1)NC(Nc1c(Cl)cccc1Cl)N3. The Labute approximate surface area is 207 Å². The Hall–Kier alpha value is -3.56. The average Bonchev–Trinajstić information content (AvgIpc) is 3.38. The maximum absolute atomic E-state index is 13.1. The van der Waals surface area contributed by atoms with Gasteiger partial charge in [-0.25, -0.2) is 0 Å². The molecule has 6 nitrogen and oxygen atoms in total. The van der Waals surface area contributed by atoms with Gasteiger partial charge in [0.05, 0.1) is 38.2 Å². The lowest BCUT2D eigenvalue weighted by molar-refractivity contribution is -0.137. The van der Waals surface area contributed by atoms with Gasteiger partial charge in [-0.1, -0.05) is 29.3 Å². The number of benzene rings is 3. The van der Waals surface area contributed by atoms with Crippen LogP contribution >= 0.6 is 23.2 Å². The number of halogens is 5. The van der Waals surface area contributed by atoms with Crippen LogP contribution in [0.15, 0.2) is 59.0 Å². The van der Waals surface area contributed by atoms with Gasteiger partial charge in [0.1, 0.15) is 11.3 Å². The van der Waals surface area contributed by atoms with Crippen molar-refractivity contribution in [1.29, 1.82) is 0 Å². The molecule has 0 fully saturated rings. The molecule has 4 N–H and O–H groups in total. The molecule has 35 heavy (non-hydrogen) atoms. The van der Waals surface area contributed by atoms with E-state index in [2.05, 4.69) is 21.3 Å². The van der Waals surface area contributed by atoms with Crippen molar-refractivity contribution in [2.24, 2.45) is 0 Å². The first-order chi connectivity index (χ1) is 16.6. The number of para-hydroxylation sites is 1. The van der Waals surface area contributed by atoms with Crippen molar-refractivity contribution in [2.75, 3.05) is 21.3 Å². The van der Waals surface area contributed by atoms with E-state index in [9.17, 15) is 18.0 Å². The summed E-state index contributed by atoms with van der Waals surface area (Å²) in [5.74, 6) is 0.0589. The largest absolute Gasteiger partial charge is 0.460 e. The predicted octanol–water partition coefficient (Wildman–Crippen LogP) is 7.55. The lowest BCUT2D eigenvalue weighted by Gasteiger charge is -2.17. The van der Waals surface area contributed by atoms with Crippen LogP contribution in [0.4, 0.5) is 35.9 Å². The molecule has 0 spiro atoms. The molecule has 0 bridgehead atoms. The minimum atomic E-state index is -4.46. The highest BCUT2D eigenvalue weighted by Gasteiger charge is 2.30. The van der Waals surface area contributed by atoms with Gasteiger partial charge >= 0.3 is 6.18 Å². The first kappa shape index (κ1) is 23.2. The van der Waals surface area contributed by atoms with Crippen molar-refractivity contribution in [3.05, 3.63) is 81.5 Å². The molecule has 5 rings (SSSR count). The fourth-order valence-corrected chi connectivity index (χ4v) is 4.40. The highest BCUT2D eigenvalue weighted by molar-refractivity contribution is 6.39. The van der Waals surface area contributed by atoms with Crippen molar-refractivity contribution in [3.63, 3.8) is 0 Å². The van der Waals surface area contributed by atoms with Crippen molar-refractivity contribution in [2.45, 2.75) is 19.4 Å². The van der Waals surface area contributed by atoms with Gasteiger partial charge in [-0.15, -0.1) is 0 Å². The van der Waals surface area contributed by atoms with Gasteiger partial charge in [0.25, 0.3) is 5.91 Å². The zero-order valence-corrected chi connectivity index (χ0v) is 19.5. The van der Waals surface area contributed by atoms with E-state index in [1.807, 2.05) is 0 Å². The molecule has 180 valence electrons. The van der Waals surface area contributed by atoms with Crippen LogP contribution in [0.5, 0.6) is 0 Å². The van der Waals surface area contributed by atoms with E-state index < -0.39 is 23.9 Å². The molecule has 0 saturated carbocycles. The third-order valence-corrected chi connectivity index (χ3v) is 6.11. The highest BCUT2D eigenvalue weighted by atomic mass is 35.5. The molecule has 1 unspecified atom stereocenters. The van der Waals surface area contributed by atoms with Gasteiger partial charge in [-0.3, -0.25) is 4.79 Å². The third kappa shape index (κ3) is 4.44. The summed E-state index contributed by atoms with van der Waals surface area (Å²) in [6.45, 7) is 1.76. The predicted molar refractivity (Wildman–Crippen MR) is 131 cm³/mol. The first-order valence-corrected chi connectivity index (χ1v) is 11.1. The van der Waals surface area contributed by atoms with E-state index in [1.165, 1.54) is 12.1 Å². The molecule has 3 aromatic carbocycles. The third-order valence-electron chi connectivity index (χ3n) is 5.48. The van der Waals surface area contributed by atoms with Gasteiger partial charge in [-0.05, 0) is 55.5 Å². The van der Waals surface area contributed by atoms with Crippen LogP contribution in [0.3, 0.4) is 0 Å². The van der Waals surface area contributed by atoms with Crippen molar-refractivity contribution >= 4 is 62.8 Å². The second-order valence-electron chi connectivity index (χ2n) is 7.94. The fraction of sp³-hybridized carbons (Fsp3) is 0.125. The summed E-state index contributed by atoms with van der Waals surface area (Å²) in [7, 11) is 0. The molecule has 11 heteroatoms. The maximum atomic E-state index is 13.1. The van der Waals surface area contributed by atoms with E-state index in [0.717, 1.165) is 12.1 Å². The number of aryl methyl sites for hydroxylation is 1. The fourth-order valence-electron chi connectivity index (χ4n) is 3.89. The number of hydrogen-bond acceptors (Lipinski definition) is 5. The van der Waals surface area contributed by atoms with Crippen LogP contribution in [-0.2, 0) is 6.18 Å². The first-order valence-electron chi connectivity index (χ1n) is 10.4. The molecule has 2 heterocycles. The summed E-state index contributed by atoms with van der Waals surface area (Å²) in [5.41, 5.74) is 1.85. The maximum Gasteiger partial charge on any atom is 0.416 e. The number of hydrogen-bond donors (Lipinski definition) is 4. The number of carbonyl (C=O) groups is 1. The number of carbonyl (C=O) groups excluding carboxylic acids is 1. The minimum absolute atomic E-state index is 0.220. The van der Waals surface area contributed by atoms with E-state index in [4.69, 9.17) is 27.6 Å². The number of amides is 1. The molecule has 1 atom stereocenters. The van der Waals surface area contributed by atoms with Crippen LogP contribution in [0.25, 0.3) is 11.0 Å². The molecule has 4 aromatic rings. The topological polar surface area (TPSA) is 78.3 Å². The summed E-state index contributed by atoms with van der Waals surface area (Å²) >= 11 is 12.5. The van der Waals surface area contributed by atoms with E-state index in [0.29, 0.717) is 43.8 Å². The zero-order chi connectivity index (χ0) is 24.9. The second kappa shape index (κ2) is 8.58. The molecular weight excluding hydrogens is 504 g/mol. The Kier molecular flexibility index (Phi) is 5.69. The normalized spacial score (nSPS) is 14.9. The summed E-state index contributed by atoms with van der Waals surface area (Å²) in [6.07, 6.45) is -4.95. The second-order valence-corrected chi connectivity index (χ2v) is 8.75. The monoisotopic (exact) mass is 520 g/mol. The molecule has 0 aliphatic carbocycles. The lowest BCUT2D eigenvalue weighted by Crippen LogP contribution is -2.31. The van der Waals surface area contributed by atoms with Crippen LogP contribution in [-0.4, -0.2) is 12.2 Å².